The van der Waals surface area contributed by atoms with Gasteiger partial charge < -0.3 is 9.84 Å². The molecule has 2 heteroatoms. The molecule has 12 heavy (non-hydrogen) atoms. The van der Waals surface area contributed by atoms with Crippen LogP contribution in [0.15, 0.2) is 24.3 Å². The smallest absolute Gasteiger partial charge is 0.115 e. The van der Waals surface area contributed by atoms with Crippen molar-refractivity contribution in [2.24, 2.45) is 0 Å². The first-order valence-electron chi connectivity index (χ1n) is 4.18. The van der Waals surface area contributed by atoms with E-state index in [2.05, 4.69) is 6.92 Å². The van der Waals surface area contributed by atoms with Gasteiger partial charge in [-0.1, -0.05) is 19.1 Å². The number of ether oxygens (including phenoxy) is 1. The van der Waals surface area contributed by atoms with Gasteiger partial charge in [-0.3, -0.25) is 0 Å². The summed E-state index contributed by atoms with van der Waals surface area (Å²) in [6.07, 6.45) is 1.04. The summed E-state index contributed by atoms with van der Waals surface area (Å²) in [4.78, 5) is 0. The third-order valence-corrected chi connectivity index (χ3v) is 1.55. The van der Waals surface area contributed by atoms with Crippen molar-refractivity contribution in [1.82, 2.24) is 0 Å². The topological polar surface area (TPSA) is 29.5 Å². The van der Waals surface area contributed by atoms with Crippen LogP contribution in [-0.4, -0.2) is 11.7 Å². The Balaban J connectivity index is 2.37. The number of hydrogen-bond donors (Lipinski definition) is 1. The van der Waals surface area contributed by atoms with Gasteiger partial charge >= 0.3 is 0 Å². The Kier molecular flexibility index (Phi) is 3.61. The predicted octanol–water partition coefficient (Wildman–Crippen LogP) is 2.32. The minimum Gasteiger partial charge on any atom is -0.508 e. The van der Waals surface area contributed by atoms with Gasteiger partial charge in [0.05, 0.1) is 6.61 Å². The number of hydrogen-bond acceptors (Lipinski definition) is 2. The van der Waals surface area contributed by atoms with Crippen molar-refractivity contribution >= 4 is 0 Å². The summed E-state index contributed by atoms with van der Waals surface area (Å²) in [5, 5.41) is 8.99. The van der Waals surface area contributed by atoms with E-state index in [1.54, 1.807) is 12.1 Å². The van der Waals surface area contributed by atoms with Crippen molar-refractivity contribution < 1.29 is 9.84 Å². The van der Waals surface area contributed by atoms with E-state index in [9.17, 15) is 0 Å². The molecule has 1 N–H and O–H groups in total. The minimum absolute atomic E-state index is 0.300. The molecule has 0 amide bonds. The van der Waals surface area contributed by atoms with Crippen LogP contribution in [0, 0.1) is 0 Å². The average Bonchev–Trinajstić information content (AvgIpc) is 2.09. The third kappa shape index (κ3) is 2.93. The van der Waals surface area contributed by atoms with Crippen molar-refractivity contribution in [1.29, 1.82) is 0 Å². The molecular formula is C10H14O2. The fraction of sp³-hybridized carbons (Fsp3) is 0.400. The molecule has 0 saturated carbocycles. The quantitative estimate of drug-likeness (QED) is 0.695. The van der Waals surface area contributed by atoms with E-state index in [1.807, 2.05) is 12.1 Å². The molecule has 0 unspecified atom stereocenters. The molecule has 0 radical (unpaired) electrons. The highest BCUT2D eigenvalue weighted by molar-refractivity contribution is 5.25. The van der Waals surface area contributed by atoms with Gasteiger partial charge in [0.1, 0.15) is 5.75 Å². The van der Waals surface area contributed by atoms with Crippen molar-refractivity contribution in [2.45, 2.75) is 20.0 Å². The second-order valence-corrected chi connectivity index (χ2v) is 2.72. The number of phenols is 1. The normalized spacial score (nSPS) is 10.1. The molecule has 66 valence electrons. The van der Waals surface area contributed by atoms with Crippen LogP contribution < -0.4 is 0 Å². The number of aromatic hydroxyl groups is 1. The highest BCUT2D eigenvalue weighted by Crippen LogP contribution is 2.10. The number of phenolic OH excluding ortho intramolecular Hbond substituents is 1. The highest BCUT2D eigenvalue weighted by atomic mass is 16.5. The van der Waals surface area contributed by atoms with Crippen molar-refractivity contribution in [3.63, 3.8) is 0 Å². The minimum atomic E-state index is 0.300. The van der Waals surface area contributed by atoms with Crippen LogP contribution in [0.3, 0.4) is 0 Å². The Morgan fingerprint density at radius 1 is 1.25 bits per heavy atom. The van der Waals surface area contributed by atoms with Gasteiger partial charge in [-0.2, -0.15) is 0 Å². The van der Waals surface area contributed by atoms with E-state index in [1.165, 1.54) is 0 Å². The molecule has 0 aliphatic rings. The zero-order valence-corrected chi connectivity index (χ0v) is 7.29. The van der Waals surface area contributed by atoms with E-state index in [4.69, 9.17) is 9.84 Å². The highest BCUT2D eigenvalue weighted by Gasteiger charge is 1.92. The average molecular weight is 166 g/mol. The van der Waals surface area contributed by atoms with Gasteiger partial charge in [0, 0.05) is 6.61 Å². The predicted molar refractivity (Wildman–Crippen MR) is 48.1 cm³/mol. The molecule has 1 rings (SSSR count). The van der Waals surface area contributed by atoms with E-state index < -0.39 is 0 Å². The van der Waals surface area contributed by atoms with Gasteiger partial charge in [-0.05, 0) is 24.1 Å². The first-order valence-corrected chi connectivity index (χ1v) is 4.18. The monoisotopic (exact) mass is 166 g/mol. The molecule has 2 nitrogen and oxygen atoms in total. The lowest BCUT2D eigenvalue weighted by Crippen LogP contribution is -1.93. The second kappa shape index (κ2) is 4.78. The van der Waals surface area contributed by atoms with Crippen LogP contribution in [0.1, 0.15) is 18.9 Å². The standard InChI is InChI=1S/C10H14O2/c1-2-7-12-8-9-3-5-10(11)6-4-9/h3-6,11H,2,7-8H2,1H3. The van der Waals surface area contributed by atoms with Gasteiger partial charge in [-0.25, -0.2) is 0 Å². The van der Waals surface area contributed by atoms with Gasteiger partial charge in [0.2, 0.25) is 0 Å². The summed E-state index contributed by atoms with van der Waals surface area (Å²) in [5.41, 5.74) is 1.10. The maximum absolute atomic E-state index is 8.99. The zero-order chi connectivity index (χ0) is 8.81. The molecular weight excluding hydrogens is 152 g/mol. The summed E-state index contributed by atoms with van der Waals surface area (Å²) >= 11 is 0. The Bertz CT molecular complexity index is 216. The van der Waals surface area contributed by atoms with Crippen molar-refractivity contribution in [3.05, 3.63) is 29.8 Å². The van der Waals surface area contributed by atoms with E-state index in [0.29, 0.717) is 12.4 Å². The summed E-state index contributed by atoms with van der Waals surface area (Å²) in [6, 6.07) is 7.07. The first-order chi connectivity index (χ1) is 5.83. The Hall–Kier alpha value is -1.02. The molecule has 0 heterocycles. The largest absolute Gasteiger partial charge is 0.508 e. The molecule has 1 aromatic carbocycles. The Labute approximate surface area is 72.8 Å². The van der Waals surface area contributed by atoms with Crippen molar-refractivity contribution in [2.75, 3.05) is 6.61 Å². The maximum atomic E-state index is 8.99. The SMILES string of the molecule is CCCOCc1ccc(O)cc1. The number of rotatable bonds is 4. The lowest BCUT2D eigenvalue weighted by molar-refractivity contribution is 0.121. The lowest BCUT2D eigenvalue weighted by Gasteiger charge is -2.01. The fourth-order valence-electron chi connectivity index (χ4n) is 0.927. The summed E-state index contributed by atoms with van der Waals surface area (Å²) in [6.45, 7) is 3.51. The van der Waals surface area contributed by atoms with Crippen LogP contribution in [0.4, 0.5) is 0 Å². The van der Waals surface area contributed by atoms with Crippen LogP contribution in [0.25, 0.3) is 0 Å². The Morgan fingerprint density at radius 3 is 2.50 bits per heavy atom. The molecule has 0 aliphatic heterocycles. The van der Waals surface area contributed by atoms with E-state index in [0.717, 1.165) is 18.6 Å². The van der Waals surface area contributed by atoms with Gasteiger partial charge in [0.25, 0.3) is 0 Å². The van der Waals surface area contributed by atoms with E-state index >= 15 is 0 Å². The fourth-order valence-corrected chi connectivity index (χ4v) is 0.927. The molecule has 0 fully saturated rings. The molecule has 1 aromatic rings. The lowest BCUT2D eigenvalue weighted by atomic mass is 10.2. The van der Waals surface area contributed by atoms with Crippen LogP contribution in [0.5, 0.6) is 5.75 Å². The second-order valence-electron chi connectivity index (χ2n) is 2.72. The number of benzene rings is 1. The molecule has 0 spiro atoms. The van der Waals surface area contributed by atoms with Crippen LogP contribution >= 0.6 is 0 Å². The maximum Gasteiger partial charge on any atom is 0.115 e. The van der Waals surface area contributed by atoms with Gasteiger partial charge in [0.15, 0.2) is 0 Å². The summed E-state index contributed by atoms with van der Waals surface area (Å²) in [5.74, 6) is 0.300. The molecule has 0 aliphatic carbocycles. The Morgan fingerprint density at radius 2 is 1.92 bits per heavy atom. The summed E-state index contributed by atoms with van der Waals surface area (Å²) < 4.78 is 5.33. The third-order valence-electron chi connectivity index (χ3n) is 1.55. The van der Waals surface area contributed by atoms with Crippen molar-refractivity contribution in [3.8, 4) is 5.75 Å². The first kappa shape index (κ1) is 9.07. The molecule has 0 atom stereocenters. The van der Waals surface area contributed by atoms with E-state index in [-0.39, 0.29) is 0 Å². The van der Waals surface area contributed by atoms with Crippen LogP contribution in [-0.2, 0) is 11.3 Å². The summed E-state index contributed by atoms with van der Waals surface area (Å²) in [7, 11) is 0. The zero-order valence-electron chi connectivity index (χ0n) is 7.29. The van der Waals surface area contributed by atoms with Gasteiger partial charge in [-0.15, -0.1) is 0 Å². The molecule has 0 saturated heterocycles. The van der Waals surface area contributed by atoms with Crippen LogP contribution in [0.2, 0.25) is 0 Å². The molecule has 0 aromatic heterocycles. The molecule has 0 bridgehead atoms.